The highest BCUT2D eigenvalue weighted by Crippen LogP contribution is 2.18. The Morgan fingerprint density at radius 3 is 2.53 bits per heavy atom. The van der Waals surface area contributed by atoms with E-state index in [0.717, 1.165) is 24.8 Å². The molecule has 0 N–H and O–H groups in total. The van der Waals surface area contributed by atoms with Crippen molar-refractivity contribution in [2.24, 2.45) is 5.92 Å². The standard InChI is InChI=1S/C14H20BrFO/c1-17-9-3-2-4-13(11-15)10-12-5-7-14(16)8-6-12/h5-8,13H,2-4,9-11H2,1H3. The molecule has 0 saturated carbocycles. The molecule has 0 aliphatic rings. The van der Waals surface area contributed by atoms with Gasteiger partial charge in [0, 0.05) is 19.0 Å². The summed E-state index contributed by atoms with van der Waals surface area (Å²) >= 11 is 3.55. The second-order valence-corrected chi connectivity index (χ2v) is 4.99. The van der Waals surface area contributed by atoms with E-state index in [4.69, 9.17) is 4.74 Å². The minimum absolute atomic E-state index is 0.163. The van der Waals surface area contributed by atoms with Crippen molar-refractivity contribution in [2.75, 3.05) is 19.0 Å². The molecule has 1 aromatic carbocycles. The Balaban J connectivity index is 2.33. The number of hydrogen-bond acceptors (Lipinski definition) is 1. The molecular weight excluding hydrogens is 283 g/mol. The molecule has 0 aromatic heterocycles. The molecule has 0 fully saturated rings. The highest BCUT2D eigenvalue weighted by molar-refractivity contribution is 9.09. The third-order valence-corrected chi connectivity index (χ3v) is 3.78. The predicted molar refractivity (Wildman–Crippen MR) is 73.1 cm³/mol. The Morgan fingerprint density at radius 2 is 1.94 bits per heavy atom. The van der Waals surface area contributed by atoms with Gasteiger partial charge in [0.15, 0.2) is 0 Å². The molecule has 1 aromatic rings. The summed E-state index contributed by atoms with van der Waals surface area (Å²) in [5.41, 5.74) is 1.21. The average molecular weight is 303 g/mol. The minimum atomic E-state index is -0.163. The van der Waals surface area contributed by atoms with Crippen LogP contribution in [0.25, 0.3) is 0 Å². The van der Waals surface area contributed by atoms with E-state index in [1.165, 1.54) is 30.5 Å². The molecular formula is C14H20BrFO. The van der Waals surface area contributed by atoms with Gasteiger partial charge in [-0.3, -0.25) is 0 Å². The first-order chi connectivity index (χ1) is 8.26. The maximum absolute atomic E-state index is 12.8. The van der Waals surface area contributed by atoms with Crippen molar-refractivity contribution < 1.29 is 9.13 Å². The Kier molecular flexibility index (Phi) is 7.45. The Bertz CT molecular complexity index is 300. The number of benzene rings is 1. The van der Waals surface area contributed by atoms with Gasteiger partial charge in [-0.05, 0) is 42.9 Å². The van der Waals surface area contributed by atoms with Gasteiger partial charge in [0.25, 0.3) is 0 Å². The van der Waals surface area contributed by atoms with E-state index >= 15 is 0 Å². The van der Waals surface area contributed by atoms with Gasteiger partial charge in [-0.15, -0.1) is 0 Å². The fourth-order valence-electron chi connectivity index (χ4n) is 1.87. The highest BCUT2D eigenvalue weighted by Gasteiger charge is 2.08. The first-order valence-electron chi connectivity index (χ1n) is 6.05. The molecule has 0 amide bonds. The maximum atomic E-state index is 12.8. The van der Waals surface area contributed by atoms with Crippen LogP contribution in [-0.4, -0.2) is 19.0 Å². The van der Waals surface area contributed by atoms with Crippen LogP contribution in [0.4, 0.5) is 4.39 Å². The molecule has 17 heavy (non-hydrogen) atoms. The maximum Gasteiger partial charge on any atom is 0.123 e. The van der Waals surface area contributed by atoms with Crippen molar-refractivity contribution >= 4 is 15.9 Å². The van der Waals surface area contributed by atoms with Crippen LogP contribution in [0.3, 0.4) is 0 Å². The summed E-state index contributed by atoms with van der Waals surface area (Å²) in [7, 11) is 1.74. The fraction of sp³-hybridized carbons (Fsp3) is 0.571. The molecule has 0 bridgehead atoms. The molecule has 0 spiro atoms. The molecule has 1 rings (SSSR count). The summed E-state index contributed by atoms with van der Waals surface area (Å²) in [5.74, 6) is 0.460. The molecule has 3 heteroatoms. The molecule has 0 saturated heterocycles. The second-order valence-electron chi connectivity index (χ2n) is 4.34. The first kappa shape index (κ1) is 14.7. The molecule has 1 unspecified atom stereocenters. The third kappa shape index (κ3) is 6.18. The molecule has 0 heterocycles. The van der Waals surface area contributed by atoms with E-state index in [-0.39, 0.29) is 5.82 Å². The Morgan fingerprint density at radius 1 is 1.24 bits per heavy atom. The third-order valence-electron chi connectivity index (χ3n) is 2.87. The van der Waals surface area contributed by atoms with E-state index in [0.29, 0.717) is 5.92 Å². The van der Waals surface area contributed by atoms with Gasteiger partial charge in [-0.1, -0.05) is 34.5 Å². The number of hydrogen-bond donors (Lipinski definition) is 0. The van der Waals surface area contributed by atoms with Gasteiger partial charge in [-0.25, -0.2) is 4.39 Å². The number of ether oxygens (including phenoxy) is 1. The lowest BCUT2D eigenvalue weighted by molar-refractivity contribution is 0.190. The topological polar surface area (TPSA) is 9.23 Å². The molecule has 0 aliphatic carbocycles. The van der Waals surface area contributed by atoms with E-state index in [1.807, 2.05) is 12.1 Å². The summed E-state index contributed by atoms with van der Waals surface area (Å²) in [6.07, 6.45) is 4.50. The van der Waals surface area contributed by atoms with Crippen LogP contribution >= 0.6 is 15.9 Å². The minimum Gasteiger partial charge on any atom is -0.385 e. The van der Waals surface area contributed by atoms with Gasteiger partial charge in [0.05, 0.1) is 0 Å². The molecule has 1 nitrogen and oxygen atoms in total. The van der Waals surface area contributed by atoms with Crippen LogP contribution in [0.1, 0.15) is 24.8 Å². The van der Waals surface area contributed by atoms with Crippen LogP contribution in [0.5, 0.6) is 0 Å². The molecule has 96 valence electrons. The number of unbranched alkanes of at least 4 members (excludes halogenated alkanes) is 1. The van der Waals surface area contributed by atoms with E-state index in [1.54, 1.807) is 7.11 Å². The SMILES string of the molecule is COCCCCC(CBr)Cc1ccc(F)cc1. The normalized spacial score (nSPS) is 12.6. The summed E-state index contributed by atoms with van der Waals surface area (Å²) in [6, 6.07) is 6.82. The molecule has 0 aliphatic heterocycles. The second kappa shape index (κ2) is 8.65. The molecule has 0 radical (unpaired) electrons. The zero-order valence-electron chi connectivity index (χ0n) is 10.3. The van der Waals surface area contributed by atoms with E-state index in [9.17, 15) is 4.39 Å². The smallest absolute Gasteiger partial charge is 0.123 e. The van der Waals surface area contributed by atoms with E-state index < -0.39 is 0 Å². The number of methoxy groups -OCH3 is 1. The summed E-state index contributed by atoms with van der Waals surface area (Å²) in [5, 5.41) is 0.997. The summed E-state index contributed by atoms with van der Waals surface area (Å²) < 4.78 is 17.8. The van der Waals surface area contributed by atoms with Crippen molar-refractivity contribution in [3.63, 3.8) is 0 Å². The van der Waals surface area contributed by atoms with Crippen molar-refractivity contribution in [1.29, 1.82) is 0 Å². The van der Waals surface area contributed by atoms with Gasteiger partial charge < -0.3 is 4.74 Å². The lowest BCUT2D eigenvalue weighted by atomic mass is 9.96. The van der Waals surface area contributed by atoms with Crippen LogP contribution in [0, 0.1) is 11.7 Å². The van der Waals surface area contributed by atoms with Crippen LogP contribution in [0.15, 0.2) is 24.3 Å². The van der Waals surface area contributed by atoms with Crippen LogP contribution in [-0.2, 0) is 11.2 Å². The van der Waals surface area contributed by atoms with Crippen molar-refractivity contribution in [1.82, 2.24) is 0 Å². The number of alkyl halides is 1. The van der Waals surface area contributed by atoms with Gasteiger partial charge in [-0.2, -0.15) is 0 Å². The van der Waals surface area contributed by atoms with Gasteiger partial charge >= 0.3 is 0 Å². The monoisotopic (exact) mass is 302 g/mol. The summed E-state index contributed by atoms with van der Waals surface area (Å²) in [4.78, 5) is 0. The van der Waals surface area contributed by atoms with Gasteiger partial charge in [0.1, 0.15) is 5.82 Å². The van der Waals surface area contributed by atoms with Crippen molar-refractivity contribution in [3.8, 4) is 0 Å². The lowest BCUT2D eigenvalue weighted by Crippen LogP contribution is -2.07. The highest BCUT2D eigenvalue weighted by atomic mass is 79.9. The lowest BCUT2D eigenvalue weighted by Gasteiger charge is -2.13. The molecule has 1 atom stereocenters. The quantitative estimate of drug-likeness (QED) is 0.517. The number of halogens is 2. The van der Waals surface area contributed by atoms with E-state index in [2.05, 4.69) is 15.9 Å². The van der Waals surface area contributed by atoms with Crippen LogP contribution < -0.4 is 0 Å². The average Bonchev–Trinajstić information content (AvgIpc) is 2.35. The largest absolute Gasteiger partial charge is 0.385 e. The van der Waals surface area contributed by atoms with Crippen molar-refractivity contribution in [2.45, 2.75) is 25.7 Å². The zero-order valence-corrected chi connectivity index (χ0v) is 11.9. The Labute approximate surface area is 111 Å². The van der Waals surface area contributed by atoms with Crippen LogP contribution in [0.2, 0.25) is 0 Å². The zero-order chi connectivity index (χ0) is 12.5. The van der Waals surface area contributed by atoms with Gasteiger partial charge in [0.2, 0.25) is 0 Å². The fourth-order valence-corrected chi connectivity index (χ4v) is 2.42. The first-order valence-corrected chi connectivity index (χ1v) is 7.17. The number of rotatable bonds is 8. The van der Waals surface area contributed by atoms with Crippen molar-refractivity contribution in [3.05, 3.63) is 35.6 Å². The predicted octanol–water partition coefficient (Wildman–Crippen LogP) is 4.20. The summed E-state index contributed by atoms with van der Waals surface area (Å²) in [6.45, 7) is 0.839. The Hall–Kier alpha value is -0.410.